The molecule has 0 atom stereocenters. The van der Waals surface area contributed by atoms with Crippen LogP contribution < -0.4 is 14.8 Å². The van der Waals surface area contributed by atoms with E-state index in [1.54, 1.807) is 32.4 Å². The van der Waals surface area contributed by atoms with Gasteiger partial charge in [-0.05, 0) is 49.0 Å². The normalized spacial score (nSPS) is 21.7. The molecule has 1 N–H and O–H groups in total. The standard InChI is InChI=1S/C24H31N3O4/c1-23(2)9-5-6-18(15-23)27-16-25-22(29)24(27)10-12-26(13-11-24)21(28)17-7-8-19(30-3)20(14-17)31-4/h5-9,14H,10-13,15-16H2,1-4H3,(H,25,29). The van der Waals surface area contributed by atoms with E-state index in [1.807, 2.05) is 4.90 Å². The monoisotopic (exact) mass is 425 g/mol. The third-order valence-electron chi connectivity index (χ3n) is 6.66. The highest BCUT2D eigenvalue weighted by Gasteiger charge is 2.51. The van der Waals surface area contributed by atoms with Crippen molar-refractivity contribution in [2.45, 2.75) is 38.6 Å². The number of carbonyl (C=O) groups is 2. The van der Waals surface area contributed by atoms with Gasteiger partial charge in [0.1, 0.15) is 5.54 Å². The van der Waals surface area contributed by atoms with E-state index < -0.39 is 5.54 Å². The molecule has 0 saturated carbocycles. The lowest BCUT2D eigenvalue weighted by Crippen LogP contribution is -2.56. The van der Waals surface area contributed by atoms with Crippen LogP contribution in [0.5, 0.6) is 11.5 Å². The molecule has 2 heterocycles. The van der Waals surface area contributed by atoms with Crippen LogP contribution in [0.3, 0.4) is 0 Å². The maximum atomic E-state index is 13.1. The summed E-state index contributed by atoms with van der Waals surface area (Å²) in [6.07, 6.45) is 8.53. The molecule has 1 spiro atoms. The van der Waals surface area contributed by atoms with E-state index in [2.05, 4.69) is 42.3 Å². The number of rotatable bonds is 4. The van der Waals surface area contributed by atoms with Crippen LogP contribution in [0.4, 0.5) is 0 Å². The summed E-state index contributed by atoms with van der Waals surface area (Å²) in [4.78, 5) is 30.1. The molecular weight excluding hydrogens is 394 g/mol. The average molecular weight is 426 g/mol. The van der Waals surface area contributed by atoms with Crippen molar-refractivity contribution in [1.29, 1.82) is 0 Å². The first-order valence-corrected chi connectivity index (χ1v) is 10.8. The molecule has 1 aromatic carbocycles. The Morgan fingerprint density at radius 1 is 1.10 bits per heavy atom. The van der Waals surface area contributed by atoms with E-state index in [0.717, 1.165) is 6.42 Å². The molecule has 2 aliphatic heterocycles. The van der Waals surface area contributed by atoms with Crippen LogP contribution in [0.2, 0.25) is 0 Å². The number of nitrogens with one attached hydrogen (secondary N) is 1. The first kappa shape index (κ1) is 21.3. The minimum Gasteiger partial charge on any atom is -0.493 e. The van der Waals surface area contributed by atoms with E-state index in [-0.39, 0.29) is 17.2 Å². The highest BCUT2D eigenvalue weighted by atomic mass is 16.5. The van der Waals surface area contributed by atoms with E-state index in [1.165, 1.54) is 5.70 Å². The molecule has 1 aromatic rings. The first-order valence-electron chi connectivity index (χ1n) is 10.8. The number of hydrogen-bond acceptors (Lipinski definition) is 5. The Balaban J connectivity index is 1.50. The number of nitrogens with zero attached hydrogens (tertiary/aromatic N) is 2. The van der Waals surface area contributed by atoms with Gasteiger partial charge in [-0.1, -0.05) is 26.0 Å². The second-order valence-corrected chi connectivity index (χ2v) is 9.17. The van der Waals surface area contributed by atoms with E-state index >= 15 is 0 Å². The number of piperidine rings is 1. The maximum absolute atomic E-state index is 13.1. The van der Waals surface area contributed by atoms with Gasteiger partial charge in [0.25, 0.3) is 5.91 Å². The van der Waals surface area contributed by atoms with Crippen molar-refractivity contribution >= 4 is 11.8 Å². The molecule has 31 heavy (non-hydrogen) atoms. The summed E-state index contributed by atoms with van der Waals surface area (Å²) < 4.78 is 10.6. The third kappa shape index (κ3) is 3.77. The molecular formula is C24H31N3O4. The zero-order valence-electron chi connectivity index (χ0n) is 18.7. The van der Waals surface area contributed by atoms with Crippen LogP contribution >= 0.6 is 0 Å². The zero-order chi connectivity index (χ0) is 22.2. The summed E-state index contributed by atoms with van der Waals surface area (Å²) in [6.45, 7) is 6.00. The van der Waals surface area contributed by atoms with E-state index in [4.69, 9.17) is 9.47 Å². The number of benzene rings is 1. The van der Waals surface area contributed by atoms with Crippen LogP contribution in [0.15, 0.2) is 42.1 Å². The smallest absolute Gasteiger partial charge is 0.253 e. The van der Waals surface area contributed by atoms with Crippen molar-refractivity contribution in [1.82, 2.24) is 15.1 Å². The van der Waals surface area contributed by atoms with Crippen LogP contribution in [0.25, 0.3) is 0 Å². The fourth-order valence-corrected chi connectivity index (χ4v) is 4.88. The quantitative estimate of drug-likeness (QED) is 0.803. The number of amides is 2. The lowest BCUT2D eigenvalue weighted by atomic mass is 9.81. The lowest BCUT2D eigenvalue weighted by Gasteiger charge is -2.45. The van der Waals surface area contributed by atoms with Crippen molar-refractivity contribution in [3.63, 3.8) is 0 Å². The molecule has 0 radical (unpaired) electrons. The molecule has 0 aromatic heterocycles. The molecule has 166 valence electrons. The van der Waals surface area contributed by atoms with Crippen LogP contribution in [-0.2, 0) is 4.79 Å². The van der Waals surface area contributed by atoms with Gasteiger partial charge in [0.05, 0.1) is 20.9 Å². The second-order valence-electron chi connectivity index (χ2n) is 9.17. The van der Waals surface area contributed by atoms with E-state index in [0.29, 0.717) is 49.7 Å². The number of carbonyl (C=O) groups excluding carboxylic acids is 2. The van der Waals surface area contributed by atoms with Gasteiger partial charge in [0.2, 0.25) is 5.91 Å². The van der Waals surface area contributed by atoms with Gasteiger partial charge in [0.15, 0.2) is 11.5 Å². The molecule has 2 saturated heterocycles. The molecule has 4 rings (SSSR count). The fraction of sp³-hybridized carbons (Fsp3) is 0.500. The summed E-state index contributed by atoms with van der Waals surface area (Å²) in [5, 5.41) is 3.05. The Morgan fingerprint density at radius 3 is 2.45 bits per heavy atom. The lowest BCUT2D eigenvalue weighted by molar-refractivity contribution is -0.128. The summed E-state index contributed by atoms with van der Waals surface area (Å²) in [5.41, 5.74) is 1.23. The molecule has 0 bridgehead atoms. The zero-order valence-corrected chi connectivity index (χ0v) is 18.7. The third-order valence-corrected chi connectivity index (χ3v) is 6.66. The number of hydrogen-bond donors (Lipinski definition) is 1. The van der Waals surface area contributed by atoms with Crippen molar-refractivity contribution in [3.8, 4) is 11.5 Å². The Labute approximate surface area is 183 Å². The second kappa shape index (κ2) is 7.94. The van der Waals surface area contributed by atoms with E-state index in [9.17, 15) is 9.59 Å². The topological polar surface area (TPSA) is 71.1 Å². The van der Waals surface area contributed by atoms with Crippen molar-refractivity contribution in [3.05, 3.63) is 47.7 Å². The minimum absolute atomic E-state index is 0.0540. The van der Waals surface area contributed by atoms with Gasteiger partial charge in [-0.2, -0.15) is 0 Å². The van der Waals surface area contributed by atoms with Gasteiger partial charge < -0.3 is 24.6 Å². The SMILES string of the molecule is COc1ccc(C(=O)N2CCC3(CC2)C(=O)NCN3C2=CC=CC(C)(C)C2)cc1OC. The summed E-state index contributed by atoms with van der Waals surface area (Å²) in [5.74, 6) is 1.14. The predicted octanol–water partition coefficient (Wildman–Crippen LogP) is 2.94. The molecule has 2 fully saturated rings. The average Bonchev–Trinajstić information content (AvgIpc) is 3.08. The molecule has 3 aliphatic rings. The van der Waals surface area contributed by atoms with Crippen molar-refractivity contribution in [2.24, 2.45) is 5.41 Å². The molecule has 7 heteroatoms. The van der Waals surface area contributed by atoms with Gasteiger partial charge in [0, 0.05) is 24.4 Å². The molecule has 0 unspecified atom stereocenters. The van der Waals surface area contributed by atoms with Crippen LogP contribution in [-0.4, -0.2) is 61.1 Å². The number of likely N-dealkylation sites (tertiary alicyclic amines) is 1. The first-order chi connectivity index (χ1) is 14.8. The molecule has 1 aliphatic carbocycles. The minimum atomic E-state index is -0.582. The van der Waals surface area contributed by atoms with Crippen LogP contribution in [0.1, 0.15) is 43.5 Å². The van der Waals surface area contributed by atoms with Crippen LogP contribution in [0, 0.1) is 5.41 Å². The number of ether oxygens (including phenoxy) is 2. The predicted molar refractivity (Wildman–Crippen MR) is 118 cm³/mol. The Kier molecular flexibility index (Phi) is 5.45. The van der Waals surface area contributed by atoms with Gasteiger partial charge >= 0.3 is 0 Å². The Hall–Kier alpha value is -2.96. The Bertz CT molecular complexity index is 942. The summed E-state index contributed by atoms with van der Waals surface area (Å²) in [6, 6.07) is 5.21. The highest BCUT2D eigenvalue weighted by molar-refractivity contribution is 5.95. The van der Waals surface area contributed by atoms with Gasteiger partial charge in [-0.15, -0.1) is 0 Å². The Morgan fingerprint density at radius 2 is 1.81 bits per heavy atom. The number of allylic oxidation sites excluding steroid dienone is 4. The molecule has 7 nitrogen and oxygen atoms in total. The van der Waals surface area contributed by atoms with Gasteiger partial charge in [-0.3, -0.25) is 9.59 Å². The van der Waals surface area contributed by atoms with Crippen molar-refractivity contribution < 1.29 is 19.1 Å². The summed E-state index contributed by atoms with van der Waals surface area (Å²) in [7, 11) is 3.13. The highest BCUT2D eigenvalue weighted by Crippen LogP contribution is 2.41. The largest absolute Gasteiger partial charge is 0.493 e. The molecule has 2 amide bonds. The van der Waals surface area contributed by atoms with Crippen molar-refractivity contribution in [2.75, 3.05) is 34.0 Å². The number of methoxy groups -OCH3 is 2. The van der Waals surface area contributed by atoms with Gasteiger partial charge in [-0.25, -0.2) is 0 Å². The fourth-order valence-electron chi connectivity index (χ4n) is 4.88. The maximum Gasteiger partial charge on any atom is 0.253 e. The summed E-state index contributed by atoms with van der Waals surface area (Å²) >= 11 is 0.